The van der Waals surface area contributed by atoms with Gasteiger partial charge < -0.3 is 25.4 Å². The van der Waals surface area contributed by atoms with E-state index in [1.807, 2.05) is 56.3 Å². The van der Waals surface area contributed by atoms with Gasteiger partial charge in [-0.05, 0) is 41.3 Å². The Morgan fingerprint density at radius 3 is 2.48 bits per heavy atom. The normalized spacial score (nSPS) is 12.8. The Morgan fingerprint density at radius 1 is 1.03 bits per heavy atom. The summed E-state index contributed by atoms with van der Waals surface area (Å²) in [5, 5.41) is 9.53. The Balaban J connectivity index is 1.50. The van der Waals surface area contributed by atoms with Crippen LogP contribution < -0.4 is 25.4 Å². The summed E-state index contributed by atoms with van der Waals surface area (Å²) in [5.41, 5.74) is 2.93. The topological polar surface area (TPSA) is 84.0 Å². The molecule has 1 amide bonds. The van der Waals surface area contributed by atoms with Crippen LogP contribution >= 0.6 is 0 Å². The van der Waals surface area contributed by atoms with Crippen molar-refractivity contribution in [3.63, 3.8) is 0 Å². The number of fused-ring (bicyclic) bond motifs is 1. The zero-order valence-electron chi connectivity index (χ0n) is 17.1. The second-order valence-electron chi connectivity index (χ2n) is 7.31. The number of nitrogens with one attached hydrogen (secondary N) is 3. The molecule has 0 spiro atoms. The summed E-state index contributed by atoms with van der Waals surface area (Å²) in [6, 6.07) is 13.7. The van der Waals surface area contributed by atoms with E-state index in [0.717, 1.165) is 28.3 Å². The lowest BCUT2D eigenvalue weighted by molar-refractivity contribution is -0.116. The van der Waals surface area contributed by atoms with Crippen LogP contribution in [0, 0.1) is 5.92 Å². The van der Waals surface area contributed by atoms with Crippen molar-refractivity contribution in [3.8, 4) is 11.5 Å². The van der Waals surface area contributed by atoms with Gasteiger partial charge in [-0.2, -0.15) is 0 Å². The number of aliphatic imine (C=N–C) groups is 1. The fourth-order valence-corrected chi connectivity index (χ4v) is 2.98. The molecule has 0 unspecified atom stereocenters. The molecule has 7 nitrogen and oxygen atoms in total. The summed E-state index contributed by atoms with van der Waals surface area (Å²) in [7, 11) is 1.73. The van der Waals surface area contributed by atoms with Crippen LogP contribution in [0.25, 0.3) is 0 Å². The van der Waals surface area contributed by atoms with E-state index in [-0.39, 0.29) is 12.7 Å². The van der Waals surface area contributed by atoms with Gasteiger partial charge in [0.2, 0.25) is 12.7 Å². The molecule has 2 aromatic rings. The molecule has 29 heavy (non-hydrogen) atoms. The monoisotopic (exact) mass is 396 g/mol. The molecule has 0 fully saturated rings. The molecule has 1 aliphatic rings. The van der Waals surface area contributed by atoms with Gasteiger partial charge in [-0.3, -0.25) is 9.79 Å². The number of hydrogen-bond donors (Lipinski definition) is 3. The predicted molar refractivity (Wildman–Crippen MR) is 114 cm³/mol. The molecule has 2 aromatic carbocycles. The zero-order valence-corrected chi connectivity index (χ0v) is 17.1. The zero-order chi connectivity index (χ0) is 20.6. The fourth-order valence-electron chi connectivity index (χ4n) is 2.98. The van der Waals surface area contributed by atoms with E-state index in [1.165, 1.54) is 0 Å². The van der Waals surface area contributed by atoms with E-state index < -0.39 is 0 Å². The molecule has 0 aliphatic carbocycles. The average molecular weight is 396 g/mol. The summed E-state index contributed by atoms with van der Waals surface area (Å²) < 4.78 is 10.7. The van der Waals surface area contributed by atoms with Crippen LogP contribution in [0.3, 0.4) is 0 Å². The molecular formula is C22H28N4O3. The molecule has 0 saturated carbocycles. The molecular weight excluding hydrogens is 368 g/mol. The van der Waals surface area contributed by atoms with Crippen LogP contribution in [0.2, 0.25) is 0 Å². The van der Waals surface area contributed by atoms with E-state index >= 15 is 0 Å². The molecule has 3 rings (SSSR count). The first-order valence-corrected chi connectivity index (χ1v) is 9.75. The third kappa shape index (κ3) is 6.14. The molecule has 1 heterocycles. The first-order chi connectivity index (χ1) is 14.0. The van der Waals surface area contributed by atoms with E-state index in [2.05, 4.69) is 20.9 Å². The molecule has 0 bridgehead atoms. The summed E-state index contributed by atoms with van der Waals surface area (Å²) in [6.07, 6.45) is 0.513. The third-order valence-electron chi connectivity index (χ3n) is 4.38. The molecule has 1 aliphatic heterocycles. The maximum absolute atomic E-state index is 12.0. The van der Waals surface area contributed by atoms with Gasteiger partial charge in [-0.1, -0.05) is 32.0 Å². The number of rotatable bonds is 7. The average Bonchev–Trinajstić information content (AvgIpc) is 3.15. The molecule has 3 N–H and O–H groups in total. The molecule has 154 valence electrons. The lowest BCUT2D eigenvalue weighted by Crippen LogP contribution is -2.36. The minimum Gasteiger partial charge on any atom is -0.454 e. The van der Waals surface area contributed by atoms with Crippen LogP contribution in [0.4, 0.5) is 5.69 Å². The van der Waals surface area contributed by atoms with Gasteiger partial charge in [0.05, 0.1) is 0 Å². The second-order valence-corrected chi connectivity index (χ2v) is 7.31. The summed E-state index contributed by atoms with van der Waals surface area (Å²) in [5.74, 6) is 2.60. The van der Waals surface area contributed by atoms with Crippen molar-refractivity contribution < 1.29 is 14.3 Å². The molecule has 0 atom stereocenters. The summed E-state index contributed by atoms with van der Waals surface area (Å²) >= 11 is 0. The Bertz CT molecular complexity index is 880. The van der Waals surface area contributed by atoms with E-state index in [0.29, 0.717) is 31.4 Å². The maximum Gasteiger partial charge on any atom is 0.231 e. The first kappa shape index (κ1) is 20.5. The van der Waals surface area contributed by atoms with Gasteiger partial charge in [-0.25, -0.2) is 0 Å². The highest BCUT2D eigenvalue weighted by molar-refractivity contribution is 5.90. The smallest absolute Gasteiger partial charge is 0.231 e. The van der Waals surface area contributed by atoms with Crippen molar-refractivity contribution in [2.75, 3.05) is 19.2 Å². The fraction of sp³-hybridized carbons (Fsp3) is 0.364. The van der Waals surface area contributed by atoms with E-state index in [9.17, 15) is 4.79 Å². The second kappa shape index (κ2) is 9.82. The van der Waals surface area contributed by atoms with Crippen molar-refractivity contribution in [2.45, 2.75) is 33.4 Å². The Kier molecular flexibility index (Phi) is 6.94. The van der Waals surface area contributed by atoms with Crippen LogP contribution in [0.1, 0.15) is 31.4 Å². The minimum absolute atomic E-state index is 0.0336. The number of anilines is 1. The lowest BCUT2D eigenvalue weighted by Gasteiger charge is -2.13. The Labute approximate surface area is 171 Å². The number of amides is 1. The van der Waals surface area contributed by atoms with Crippen LogP contribution in [0.15, 0.2) is 47.5 Å². The van der Waals surface area contributed by atoms with Crippen LogP contribution in [-0.2, 0) is 17.9 Å². The molecule has 0 saturated heterocycles. The predicted octanol–water partition coefficient (Wildman–Crippen LogP) is 3.27. The SMILES string of the molecule is CN=C(NCc1cccc(NC(=O)CC(C)C)c1)NCc1ccc2c(c1)OCO2. The number of nitrogens with zero attached hydrogens (tertiary/aromatic N) is 1. The minimum atomic E-state index is 0.0336. The highest BCUT2D eigenvalue weighted by Crippen LogP contribution is 2.32. The maximum atomic E-state index is 12.0. The van der Waals surface area contributed by atoms with Gasteiger partial charge in [0.25, 0.3) is 0 Å². The molecule has 0 radical (unpaired) electrons. The number of hydrogen-bond acceptors (Lipinski definition) is 4. The largest absolute Gasteiger partial charge is 0.454 e. The number of carbonyl (C=O) groups is 1. The van der Waals surface area contributed by atoms with Crippen LogP contribution in [0.5, 0.6) is 11.5 Å². The highest BCUT2D eigenvalue weighted by Gasteiger charge is 2.13. The highest BCUT2D eigenvalue weighted by atomic mass is 16.7. The van der Waals surface area contributed by atoms with Crippen molar-refractivity contribution in [3.05, 3.63) is 53.6 Å². The summed E-state index contributed by atoms with van der Waals surface area (Å²) in [6.45, 7) is 5.53. The lowest BCUT2D eigenvalue weighted by atomic mass is 10.1. The molecule has 0 aromatic heterocycles. The standard InChI is InChI=1S/C22H28N4O3/c1-15(2)9-21(27)26-18-6-4-5-16(10-18)12-24-22(23-3)25-13-17-7-8-19-20(11-17)29-14-28-19/h4-8,10-11,15H,9,12-14H2,1-3H3,(H,26,27)(H2,23,24,25). The van der Waals surface area contributed by atoms with Gasteiger partial charge in [-0.15, -0.1) is 0 Å². The third-order valence-corrected chi connectivity index (χ3v) is 4.38. The van der Waals surface area contributed by atoms with E-state index in [1.54, 1.807) is 7.05 Å². The van der Waals surface area contributed by atoms with Gasteiger partial charge in [0, 0.05) is 32.2 Å². The number of carbonyl (C=O) groups excluding carboxylic acids is 1. The Hall–Kier alpha value is -3.22. The van der Waals surface area contributed by atoms with Crippen LogP contribution in [-0.4, -0.2) is 25.7 Å². The van der Waals surface area contributed by atoms with Crippen molar-refractivity contribution in [1.29, 1.82) is 0 Å². The van der Waals surface area contributed by atoms with E-state index in [4.69, 9.17) is 9.47 Å². The summed E-state index contributed by atoms with van der Waals surface area (Å²) in [4.78, 5) is 16.2. The number of benzene rings is 2. The Morgan fingerprint density at radius 2 is 1.76 bits per heavy atom. The number of ether oxygens (including phenoxy) is 2. The first-order valence-electron chi connectivity index (χ1n) is 9.75. The molecule has 7 heteroatoms. The number of guanidine groups is 1. The van der Waals surface area contributed by atoms with Crippen molar-refractivity contribution in [2.24, 2.45) is 10.9 Å². The quantitative estimate of drug-likeness (QED) is 0.494. The van der Waals surface area contributed by atoms with Crippen molar-refractivity contribution in [1.82, 2.24) is 10.6 Å². The van der Waals surface area contributed by atoms with Crippen molar-refractivity contribution >= 4 is 17.6 Å². The van der Waals surface area contributed by atoms with Gasteiger partial charge in [0.15, 0.2) is 17.5 Å². The van der Waals surface area contributed by atoms with Gasteiger partial charge >= 0.3 is 0 Å². The van der Waals surface area contributed by atoms with Gasteiger partial charge in [0.1, 0.15) is 0 Å².